The van der Waals surface area contributed by atoms with Crippen molar-refractivity contribution in [2.45, 2.75) is 6.04 Å². The highest BCUT2D eigenvalue weighted by atomic mass is 35.5. The zero-order chi connectivity index (χ0) is 12.8. The lowest BCUT2D eigenvalue weighted by Crippen LogP contribution is -2.36. The van der Waals surface area contributed by atoms with E-state index in [-0.39, 0.29) is 6.61 Å². The van der Waals surface area contributed by atoms with Gasteiger partial charge in [0.05, 0.1) is 22.7 Å². The molecule has 0 spiro atoms. The van der Waals surface area contributed by atoms with E-state index in [9.17, 15) is 4.79 Å². The zero-order valence-electron chi connectivity index (χ0n) is 9.04. The summed E-state index contributed by atoms with van der Waals surface area (Å²) in [6.07, 6.45) is 0. The minimum atomic E-state index is -0.693. The molecule has 1 unspecified atom stereocenters. The average molecular weight is 273 g/mol. The van der Waals surface area contributed by atoms with Crippen LogP contribution in [0, 0.1) is 11.3 Å². The van der Waals surface area contributed by atoms with Crippen LogP contribution in [0.4, 0.5) is 0 Å². The summed E-state index contributed by atoms with van der Waals surface area (Å²) >= 11 is 11.5. The number of nitrogens with zero attached hydrogens (tertiary/aromatic N) is 1. The third kappa shape index (κ3) is 3.90. The number of nitriles is 1. The highest BCUT2D eigenvalue weighted by molar-refractivity contribution is 6.42. The van der Waals surface area contributed by atoms with E-state index in [0.717, 1.165) is 0 Å². The maximum atomic E-state index is 11.7. The Morgan fingerprint density at radius 2 is 2.24 bits per heavy atom. The molecule has 0 aliphatic heterocycles. The molecule has 90 valence electrons. The van der Waals surface area contributed by atoms with Gasteiger partial charge in [-0.2, -0.15) is 5.26 Å². The number of rotatable bonds is 4. The highest BCUT2D eigenvalue weighted by Gasteiger charge is 2.13. The van der Waals surface area contributed by atoms with Crippen molar-refractivity contribution in [1.29, 1.82) is 5.26 Å². The summed E-state index contributed by atoms with van der Waals surface area (Å²) in [4.78, 5) is 11.7. The Morgan fingerprint density at radius 1 is 1.53 bits per heavy atom. The maximum absolute atomic E-state index is 11.7. The lowest BCUT2D eigenvalue weighted by atomic mass is 10.2. The molecule has 0 saturated carbocycles. The van der Waals surface area contributed by atoms with E-state index in [2.05, 4.69) is 5.32 Å². The molecule has 4 nitrogen and oxygen atoms in total. The third-order valence-electron chi connectivity index (χ3n) is 1.98. The first kappa shape index (κ1) is 13.8. The number of halogens is 2. The molecular formula is C11H10Cl2N2O2. The predicted molar refractivity (Wildman–Crippen MR) is 65.2 cm³/mol. The number of benzene rings is 1. The van der Waals surface area contributed by atoms with Crippen molar-refractivity contribution in [2.75, 3.05) is 13.7 Å². The minimum Gasteiger partial charge on any atom is -0.381 e. The smallest absolute Gasteiger partial charge is 0.252 e. The van der Waals surface area contributed by atoms with Gasteiger partial charge in [0.25, 0.3) is 5.91 Å². The zero-order valence-corrected chi connectivity index (χ0v) is 10.5. The molecule has 1 aromatic rings. The fraction of sp³-hybridized carbons (Fsp3) is 0.273. The van der Waals surface area contributed by atoms with E-state index in [4.69, 9.17) is 33.2 Å². The number of carbonyl (C=O) groups excluding carboxylic acids is 1. The Hall–Kier alpha value is -1.28. The topological polar surface area (TPSA) is 62.1 Å². The number of methoxy groups -OCH3 is 1. The maximum Gasteiger partial charge on any atom is 0.252 e. The van der Waals surface area contributed by atoms with E-state index in [1.54, 1.807) is 0 Å². The van der Waals surface area contributed by atoms with Gasteiger partial charge >= 0.3 is 0 Å². The van der Waals surface area contributed by atoms with Crippen LogP contribution in [-0.4, -0.2) is 25.7 Å². The summed E-state index contributed by atoms with van der Waals surface area (Å²) < 4.78 is 4.79. The van der Waals surface area contributed by atoms with Crippen molar-refractivity contribution in [3.8, 4) is 6.07 Å². The second kappa shape index (κ2) is 6.45. The predicted octanol–water partition coefficient (Wildman–Crippen LogP) is 2.26. The summed E-state index contributed by atoms with van der Waals surface area (Å²) in [6, 6.07) is 5.72. The first-order valence-electron chi connectivity index (χ1n) is 4.73. The van der Waals surface area contributed by atoms with Gasteiger partial charge in [-0.05, 0) is 18.2 Å². The second-order valence-electron chi connectivity index (χ2n) is 3.24. The van der Waals surface area contributed by atoms with Gasteiger partial charge in [-0.3, -0.25) is 4.79 Å². The monoisotopic (exact) mass is 272 g/mol. The third-order valence-corrected chi connectivity index (χ3v) is 2.72. The SMILES string of the molecule is COCC(C#N)NC(=O)c1ccc(Cl)c(Cl)c1. The van der Waals surface area contributed by atoms with Crippen LogP contribution in [0.2, 0.25) is 10.0 Å². The lowest BCUT2D eigenvalue weighted by Gasteiger charge is -2.10. The highest BCUT2D eigenvalue weighted by Crippen LogP contribution is 2.22. The summed E-state index contributed by atoms with van der Waals surface area (Å²) in [7, 11) is 1.45. The van der Waals surface area contributed by atoms with Crippen molar-refractivity contribution in [2.24, 2.45) is 0 Å². The summed E-state index contributed by atoms with van der Waals surface area (Å²) in [5.74, 6) is -0.396. The van der Waals surface area contributed by atoms with Crippen LogP contribution in [0.15, 0.2) is 18.2 Å². The Bertz CT molecular complexity index is 457. The number of nitrogens with one attached hydrogen (secondary N) is 1. The quantitative estimate of drug-likeness (QED) is 0.915. The normalized spacial score (nSPS) is 11.6. The summed E-state index contributed by atoms with van der Waals surface area (Å²) in [5, 5.41) is 11.9. The molecule has 0 heterocycles. The van der Waals surface area contributed by atoms with Gasteiger partial charge in [0.15, 0.2) is 0 Å². The van der Waals surface area contributed by atoms with Crippen molar-refractivity contribution >= 4 is 29.1 Å². The summed E-state index contributed by atoms with van der Waals surface area (Å²) in [6.45, 7) is 0.129. The van der Waals surface area contributed by atoms with Crippen molar-refractivity contribution in [3.05, 3.63) is 33.8 Å². The average Bonchev–Trinajstić information content (AvgIpc) is 2.31. The lowest BCUT2D eigenvalue weighted by molar-refractivity contribution is 0.0918. The van der Waals surface area contributed by atoms with E-state index in [1.165, 1.54) is 25.3 Å². The van der Waals surface area contributed by atoms with Crippen LogP contribution in [0.5, 0.6) is 0 Å². The van der Waals surface area contributed by atoms with Gasteiger partial charge in [0, 0.05) is 12.7 Å². The van der Waals surface area contributed by atoms with Crippen molar-refractivity contribution in [1.82, 2.24) is 5.32 Å². The van der Waals surface area contributed by atoms with Gasteiger partial charge in [0.1, 0.15) is 6.04 Å². The molecule has 0 aliphatic carbocycles. The molecular weight excluding hydrogens is 263 g/mol. The van der Waals surface area contributed by atoms with Crippen LogP contribution in [0.25, 0.3) is 0 Å². The fourth-order valence-corrected chi connectivity index (χ4v) is 1.45. The Kier molecular flexibility index (Phi) is 5.23. The number of amides is 1. The molecule has 6 heteroatoms. The van der Waals surface area contributed by atoms with Gasteiger partial charge in [-0.25, -0.2) is 0 Å². The van der Waals surface area contributed by atoms with Crippen molar-refractivity contribution in [3.63, 3.8) is 0 Å². The first-order chi connectivity index (χ1) is 8.08. The summed E-state index contributed by atoms with van der Waals surface area (Å²) in [5.41, 5.74) is 0.343. The molecule has 0 fully saturated rings. The second-order valence-corrected chi connectivity index (χ2v) is 4.05. The van der Waals surface area contributed by atoms with Crippen molar-refractivity contribution < 1.29 is 9.53 Å². The molecule has 0 bridgehead atoms. The van der Waals surface area contributed by atoms with Crippen LogP contribution >= 0.6 is 23.2 Å². The molecule has 1 N–H and O–H groups in total. The number of hydrogen-bond donors (Lipinski definition) is 1. The van der Waals surface area contributed by atoms with Gasteiger partial charge in [0.2, 0.25) is 0 Å². The number of ether oxygens (including phenoxy) is 1. The largest absolute Gasteiger partial charge is 0.381 e. The molecule has 0 radical (unpaired) electrons. The van der Waals surface area contributed by atoms with Crippen LogP contribution in [-0.2, 0) is 4.74 Å². The van der Waals surface area contributed by atoms with Gasteiger partial charge < -0.3 is 10.1 Å². The van der Waals surface area contributed by atoms with Gasteiger partial charge in [-0.15, -0.1) is 0 Å². The first-order valence-corrected chi connectivity index (χ1v) is 5.48. The van der Waals surface area contributed by atoms with Crippen LogP contribution in [0.1, 0.15) is 10.4 Å². The Labute approximate surface area is 109 Å². The minimum absolute atomic E-state index is 0.129. The Balaban J connectivity index is 2.76. The molecule has 17 heavy (non-hydrogen) atoms. The molecule has 0 aliphatic rings. The molecule has 1 aromatic carbocycles. The standard InChI is InChI=1S/C11H10Cl2N2O2/c1-17-6-8(5-14)15-11(16)7-2-3-9(12)10(13)4-7/h2-4,8H,6H2,1H3,(H,15,16). The molecule has 0 aromatic heterocycles. The van der Waals surface area contributed by atoms with E-state index in [0.29, 0.717) is 15.6 Å². The van der Waals surface area contributed by atoms with Crippen LogP contribution in [0.3, 0.4) is 0 Å². The van der Waals surface area contributed by atoms with E-state index in [1.807, 2.05) is 6.07 Å². The molecule has 1 atom stereocenters. The van der Waals surface area contributed by atoms with E-state index < -0.39 is 11.9 Å². The number of hydrogen-bond acceptors (Lipinski definition) is 3. The fourth-order valence-electron chi connectivity index (χ4n) is 1.16. The number of carbonyl (C=O) groups is 1. The molecule has 1 amide bonds. The van der Waals surface area contributed by atoms with E-state index >= 15 is 0 Å². The molecule has 1 rings (SSSR count). The Morgan fingerprint density at radius 3 is 2.76 bits per heavy atom. The van der Waals surface area contributed by atoms with Crippen LogP contribution < -0.4 is 5.32 Å². The molecule has 0 saturated heterocycles. The van der Waals surface area contributed by atoms with Gasteiger partial charge in [-0.1, -0.05) is 23.2 Å².